The maximum absolute atomic E-state index is 6.08. The van der Waals surface area contributed by atoms with Gasteiger partial charge in [-0.1, -0.05) is 44.2 Å². The van der Waals surface area contributed by atoms with E-state index in [-0.39, 0.29) is 0 Å². The van der Waals surface area contributed by atoms with Crippen molar-refractivity contribution in [2.24, 2.45) is 5.73 Å². The number of rotatable bonds is 5. The molecular weight excluding hydrogens is 252 g/mol. The predicted octanol–water partition coefficient (Wildman–Crippen LogP) is 2.94. The Kier molecular flexibility index (Phi) is 5.74. The molecule has 1 aromatic rings. The average molecular weight is 278 g/mol. The molecule has 1 aromatic carbocycles. The quantitative estimate of drug-likeness (QED) is 0.898. The molecule has 2 nitrogen and oxygen atoms in total. The van der Waals surface area contributed by atoms with Gasteiger partial charge in [0, 0.05) is 36.7 Å². The molecule has 0 amide bonds. The summed E-state index contributed by atoms with van der Waals surface area (Å²) in [5, 5.41) is 0.783. The summed E-state index contributed by atoms with van der Waals surface area (Å²) in [6.45, 7) is 7.73. The van der Waals surface area contributed by atoms with Crippen LogP contribution >= 0.6 is 11.8 Å². The minimum atomic E-state index is 0.470. The summed E-state index contributed by atoms with van der Waals surface area (Å²) in [4.78, 5) is 2.61. The molecule has 1 fully saturated rings. The number of thioether (sulfide) groups is 1. The summed E-state index contributed by atoms with van der Waals surface area (Å²) in [6.07, 6.45) is 1.26. The van der Waals surface area contributed by atoms with E-state index in [4.69, 9.17) is 5.73 Å². The highest BCUT2D eigenvalue weighted by atomic mass is 32.2. The molecule has 2 rings (SSSR count). The lowest BCUT2D eigenvalue weighted by Gasteiger charge is -2.40. The molecule has 0 aromatic heterocycles. The van der Waals surface area contributed by atoms with Gasteiger partial charge in [0.05, 0.1) is 0 Å². The molecule has 1 aliphatic rings. The van der Waals surface area contributed by atoms with Crippen LogP contribution in [0.3, 0.4) is 0 Å². The summed E-state index contributed by atoms with van der Waals surface area (Å²) >= 11 is 2.12. The van der Waals surface area contributed by atoms with Gasteiger partial charge in [0.2, 0.25) is 0 Å². The monoisotopic (exact) mass is 278 g/mol. The Morgan fingerprint density at radius 1 is 1.37 bits per heavy atom. The third-order valence-corrected chi connectivity index (χ3v) is 5.61. The first-order chi connectivity index (χ1) is 9.26. The maximum Gasteiger partial charge on any atom is 0.0285 e. The predicted molar refractivity (Wildman–Crippen MR) is 85.8 cm³/mol. The van der Waals surface area contributed by atoms with Crippen LogP contribution < -0.4 is 5.73 Å². The Morgan fingerprint density at radius 3 is 2.74 bits per heavy atom. The van der Waals surface area contributed by atoms with Gasteiger partial charge in [-0.3, -0.25) is 4.90 Å². The number of nitrogens with two attached hydrogens (primary N) is 1. The normalized spacial score (nSPS) is 24.1. The van der Waals surface area contributed by atoms with Crippen LogP contribution in [0.4, 0.5) is 0 Å². The minimum Gasteiger partial charge on any atom is -0.329 e. The average Bonchev–Trinajstić information content (AvgIpc) is 2.49. The minimum absolute atomic E-state index is 0.470. The van der Waals surface area contributed by atoms with E-state index in [1.807, 2.05) is 0 Å². The van der Waals surface area contributed by atoms with Gasteiger partial charge < -0.3 is 5.73 Å². The van der Waals surface area contributed by atoms with Crippen LogP contribution in [0.15, 0.2) is 30.3 Å². The molecule has 19 heavy (non-hydrogen) atoms. The smallest absolute Gasteiger partial charge is 0.0285 e. The molecule has 3 unspecified atom stereocenters. The number of nitrogens with zero attached hydrogens (tertiary/aromatic N) is 1. The van der Waals surface area contributed by atoms with Crippen LogP contribution in [-0.4, -0.2) is 41.6 Å². The third-order valence-electron chi connectivity index (χ3n) is 4.24. The second kappa shape index (κ2) is 7.32. The molecule has 0 aliphatic carbocycles. The fraction of sp³-hybridized carbons (Fsp3) is 0.625. The first kappa shape index (κ1) is 14.9. The third kappa shape index (κ3) is 3.74. The molecule has 0 spiro atoms. The largest absolute Gasteiger partial charge is 0.329 e. The molecule has 3 atom stereocenters. The van der Waals surface area contributed by atoms with Crippen molar-refractivity contribution in [2.45, 2.75) is 37.5 Å². The number of hydrogen-bond donors (Lipinski definition) is 1. The van der Waals surface area contributed by atoms with Crippen molar-refractivity contribution in [1.82, 2.24) is 4.90 Å². The molecular formula is C16H26N2S. The van der Waals surface area contributed by atoms with E-state index in [0.29, 0.717) is 12.0 Å². The lowest BCUT2D eigenvalue weighted by molar-refractivity contribution is 0.184. The van der Waals surface area contributed by atoms with E-state index in [0.717, 1.165) is 11.8 Å². The van der Waals surface area contributed by atoms with Gasteiger partial charge in [-0.05, 0) is 17.9 Å². The zero-order chi connectivity index (χ0) is 13.7. The van der Waals surface area contributed by atoms with Crippen molar-refractivity contribution >= 4 is 11.8 Å². The van der Waals surface area contributed by atoms with Crippen molar-refractivity contribution < 1.29 is 0 Å². The Hall–Kier alpha value is -0.510. The fourth-order valence-corrected chi connectivity index (χ4v) is 4.14. The summed E-state index contributed by atoms with van der Waals surface area (Å²) < 4.78 is 0. The summed E-state index contributed by atoms with van der Waals surface area (Å²) in [5.41, 5.74) is 7.49. The van der Waals surface area contributed by atoms with E-state index in [1.165, 1.54) is 30.8 Å². The summed E-state index contributed by atoms with van der Waals surface area (Å²) in [6, 6.07) is 11.3. The van der Waals surface area contributed by atoms with E-state index in [2.05, 4.69) is 60.8 Å². The Balaban J connectivity index is 2.06. The standard InChI is InChI=1S/C16H26N2S/c1-3-15-12-18(9-10-19-15)16(11-17)13(2)14-7-5-4-6-8-14/h4-8,13,15-16H,3,9-12,17H2,1-2H3. The number of benzene rings is 1. The Morgan fingerprint density at radius 2 is 2.11 bits per heavy atom. The van der Waals surface area contributed by atoms with Gasteiger partial charge in [-0.25, -0.2) is 0 Å². The SMILES string of the molecule is CCC1CN(C(CN)C(C)c2ccccc2)CCS1. The number of hydrogen-bond acceptors (Lipinski definition) is 3. The highest BCUT2D eigenvalue weighted by Gasteiger charge is 2.28. The zero-order valence-electron chi connectivity index (χ0n) is 12.1. The van der Waals surface area contributed by atoms with Crippen LogP contribution in [0.25, 0.3) is 0 Å². The molecule has 1 heterocycles. The lowest BCUT2D eigenvalue weighted by atomic mass is 9.92. The van der Waals surface area contributed by atoms with Gasteiger partial charge in [0.25, 0.3) is 0 Å². The zero-order valence-corrected chi connectivity index (χ0v) is 12.9. The first-order valence-electron chi connectivity index (χ1n) is 7.37. The fourth-order valence-electron chi connectivity index (χ4n) is 2.94. The molecule has 0 radical (unpaired) electrons. The maximum atomic E-state index is 6.08. The van der Waals surface area contributed by atoms with E-state index < -0.39 is 0 Å². The van der Waals surface area contributed by atoms with E-state index >= 15 is 0 Å². The lowest BCUT2D eigenvalue weighted by Crippen LogP contribution is -2.49. The van der Waals surface area contributed by atoms with Crippen molar-refractivity contribution in [2.75, 3.05) is 25.4 Å². The van der Waals surface area contributed by atoms with Gasteiger partial charge in [-0.15, -0.1) is 0 Å². The molecule has 1 aliphatic heterocycles. The van der Waals surface area contributed by atoms with Gasteiger partial charge >= 0.3 is 0 Å². The van der Waals surface area contributed by atoms with Crippen LogP contribution in [-0.2, 0) is 0 Å². The first-order valence-corrected chi connectivity index (χ1v) is 8.41. The highest BCUT2D eigenvalue weighted by molar-refractivity contribution is 8.00. The molecule has 0 bridgehead atoms. The molecule has 106 valence electrons. The van der Waals surface area contributed by atoms with Crippen LogP contribution in [0, 0.1) is 0 Å². The van der Waals surface area contributed by atoms with Gasteiger partial charge in [0.1, 0.15) is 0 Å². The van der Waals surface area contributed by atoms with Crippen molar-refractivity contribution in [3.63, 3.8) is 0 Å². The second-order valence-corrected chi connectivity index (χ2v) is 6.81. The second-order valence-electron chi connectivity index (χ2n) is 5.40. The van der Waals surface area contributed by atoms with Gasteiger partial charge in [-0.2, -0.15) is 11.8 Å². The summed E-state index contributed by atoms with van der Waals surface area (Å²) in [5.74, 6) is 1.75. The van der Waals surface area contributed by atoms with Gasteiger partial charge in [0.15, 0.2) is 0 Å². The van der Waals surface area contributed by atoms with Crippen molar-refractivity contribution in [3.05, 3.63) is 35.9 Å². The van der Waals surface area contributed by atoms with Crippen molar-refractivity contribution in [1.29, 1.82) is 0 Å². The van der Waals surface area contributed by atoms with E-state index in [9.17, 15) is 0 Å². The van der Waals surface area contributed by atoms with Crippen LogP contribution in [0.2, 0.25) is 0 Å². The van der Waals surface area contributed by atoms with Crippen LogP contribution in [0.5, 0.6) is 0 Å². The van der Waals surface area contributed by atoms with E-state index in [1.54, 1.807) is 0 Å². The molecule has 2 N–H and O–H groups in total. The van der Waals surface area contributed by atoms with Crippen LogP contribution in [0.1, 0.15) is 31.7 Å². The molecule has 3 heteroatoms. The highest BCUT2D eigenvalue weighted by Crippen LogP contribution is 2.28. The van der Waals surface area contributed by atoms with Crippen molar-refractivity contribution in [3.8, 4) is 0 Å². The molecule has 0 saturated carbocycles. The molecule has 1 saturated heterocycles. The Labute approximate surface area is 121 Å². The summed E-state index contributed by atoms with van der Waals surface area (Å²) in [7, 11) is 0. The Bertz CT molecular complexity index is 368. The topological polar surface area (TPSA) is 29.3 Å².